The molecule has 0 bridgehead atoms. The Morgan fingerprint density at radius 1 is 1.15 bits per heavy atom. The van der Waals surface area contributed by atoms with Crippen molar-refractivity contribution in [3.05, 3.63) is 0 Å². The number of amides is 3. The van der Waals surface area contributed by atoms with E-state index in [0.29, 0.717) is 12.5 Å². The van der Waals surface area contributed by atoms with Crippen molar-refractivity contribution >= 4 is 18.2 Å². The number of hydrogen-bond donors (Lipinski definition) is 4. The van der Waals surface area contributed by atoms with Gasteiger partial charge in [-0.25, -0.2) is 0 Å². The molecule has 8 nitrogen and oxygen atoms in total. The molecule has 1 fully saturated rings. The molecule has 1 rings (SSSR count). The molecule has 0 aromatic heterocycles. The maximum absolute atomic E-state index is 11.9. The zero-order chi connectivity index (χ0) is 19.9. The molecule has 152 valence electrons. The number of carbonyl (C=O) groups excluding carboxylic acids is 3. The highest BCUT2D eigenvalue weighted by molar-refractivity contribution is 5.82. The molecule has 5 N–H and O–H groups in total. The van der Waals surface area contributed by atoms with Crippen LogP contribution < -0.4 is 21.7 Å². The predicted molar refractivity (Wildman–Crippen MR) is 104 cm³/mol. The molecule has 0 saturated carbocycles. The summed E-state index contributed by atoms with van der Waals surface area (Å²) in [5.41, 5.74) is 5.93. The summed E-state index contributed by atoms with van der Waals surface area (Å²) in [5, 5.41) is 8.06. The normalized spacial score (nSPS) is 15.7. The van der Waals surface area contributed by atoms with Gasteiger partial charge in [0.2, 0.25) is 18.2 Å². The fraction of sp³-hybridized carbons (Fsp3) is 0.833. The summed E-state index contributed by atoms with van der Waals surface area (Å²) < 4.78 is 0. The minimum Gasteiger partial charge on any atom is -0.357 e. The number of nitrogens with two attached hydrogens (primary N) is 1. The van der Waals surface area contributed by atoms with Crippen LogP contribution in [0, 0.1) is 0 Å². The van der Waals surface area contributed by atoms with E-state index >= 15 is 0 Å². The van der Waals surface area contributed by atoms with Crippen molar-refractivity contribution in [2.24, 2.45) is 5.73 Å². The van der Waals surface area contributed by atoms with Crippen molar-refractivity contribution in [1.82, 2.24) is 20.9 Å². The predicted octanol–water partition coefficient (Wildman–Crippen LogP) is -0.0287. The highest BCUT2D eigenvalue weighted by Crippen LogP contribution is 2.10. The Hall–Kier alpha value is -1.67. The van der Waals surface area contributed by atoms with E-state index in [2.05, 4.69) is 29.8 Å². The SMILES string of the molecule is CC(C)NCCCCC(N)C(=O)N1CCCC1.CNC(=O)C(C)NC=O. The van der Waals surface area contributed by atoms with Crippen molar-refractivity contribution in [2.45, 2.75) is 71.0 Å². The molecule has 1 aliphatic rings. The first kappa shape index (κ1) is 24.3. The van der Waals surface area contributed by atoms with E-state index in [4.69, 9.17) is 5.73 Å². The Kier molecular flexibility index (Phi) is 13.6. The lowest BCUT2D eigenvalue weighted by molar-refractivity contribution is -0.131. The quantitative estimate of drug-likeness (QED) is 0.318. The molecule has 2 atom stereocenters. The van der Waals surface area contributed by atoms with Gasteiger partial charge in [-0.1, -0.05) is 20.3 Å². The molecule has 1 saturated heterocycles. The molecule has 0 spiro atoms. The highest BCUT2D eigenvalue weighted by atomic mass is 16.2. The van der Waals surface area contributed by atoms with E-state index in [0.717, 1.165) is 51.7 Å². The van der Waals surface area contributed by atoms with Gasteiger partial charge in [0.25, 0.3) is 0 Å². The number of likely N-dealkylation sites (N-methyl/N-ethyl adjacent to an activating group) is 1. The van der Waals surface area contributed by atoms with E-state index < -0.39 is 6.04 Å². The summed E-state index contributed by atoms with van der Waals surface area (Å²) in [6.45, 7) is 8.71. The van der Waals surface area contributed by atoms with E-state index in [-0.39, 0.29) is 17.9 Å². The van der Waals surface area contributed by atoms with Crippen molar-refractivity contribution in [1.29, 1.82) is 0 Å². The summed E-state index contributed by atoms with van der Waals surface area (Å²) in [7, 11) is 1.52. The molecule has 0 radical (unpaired) electrons. The Morgan fingerprint density at radius 2 is 1.77 bits per heavy atom. The van der Waals surface area contributed by atoms with Crippen LogP contribution in [0.4, 0.5) is 0 Å². The number of hydrogen-bond acceptors (Lipinski definition) is 5. The number of rotatable bonds is 10. The van der Waals surface area contributed by atoms with Gasteiger partial charge in [0.1, 0.15) is 6.04 Å². The van der Waals surface area contributed by atoms with Crippen LogP contribution >= 0.6 is 0 Å². The number of nitrogens with zero attached hydrogens (tertiary/aromatic N) is 1. The Bertz CT molecular complexity index is 412. The van der Waals surface area contributed by atoms with Crippen LogP contribution in [0.15, 0.2) is 0 Å². The molecule has 1 aliphatic heterocycles. The van der Waals surface area contributed by atoms with Gasteiger partial charge in [-0.3, -0.25) is 14.4 Å². The average Bonchev–Trinajstić information content (AvgIpc) is 3.15. The first-order chi connectivity index (χ1) is 12.3. The summed E-state index contributed by atoms with van der Waals surface area (Å²) in [5.74, 6) is -0.0404. The van der Waals surface area contributed by atoms with Crippen LogP contribution in [-0.4, -0.2) is 67.9 Å². The van der Waals surface area contributed by atoms with E-state index in [1.165, 1.54) is 7.05 Å². The van der Waals surface area contributed by atoms with Gasteiger partial charge in [0.05, 0.1) is 6.04 Å². The molecular formula is C18H37N5O3. The molecule has 0 aromatic carbocycles. The lowest BCUT2D eigenvalue weighted by Gasteiger charge is -2.20. The van der Waals surface area contributed by atoms with Gasteiger partial charge in [-0.05, 0) is 39.2 Å². The first-order valence-corrected chi connectivity index (χ1v) is 9.52. The maximum atomic E-state index is 11.9. The second-order valence-electron chi connectivity index (χ2n) is 6.86. The zero-order valence-electron chi connectivity index (χ0n) is 16.7. The molecule has 0 aromatic rings. The minimum absolute atomic E-state index is 0.152. The number of nitrogens with one attached hydrogen (secondary N) is 3. The monoisotopic (exact) mass is 371 g/mol. The van der Waals surface area contributed by atoms with Crippen LogP contribution in [0.3, 0.4) is 0 Å². The second kappa shape index (κ2) is 14.5. The average molecular weight is 372 g/mol. The Labute approximate surface area is 157 Å². The van der Waals surface area contributed by atoms with Crippen LogP contribution in [0.1, 0.15) is 52.9 Å². The van der Waals surface area contributed by atoms with Crippen molar-refractivity contribution in [2.75, 3.05) is 26.7 Å². The summed E-state index contributed by atoms with van der Waals surface area (Å²) in [6, 6.07) is -0.186. The molecule has 26 heavy (non-hydrogen) atoms. The topological polar surface area (TPSA) is 117 Å². The third-order valence-corrected chi connectivity index (χ3v) is 4.19. The standard InChI is InChI=1S/C13H27N3O.C5H10N2O2/c1-11(2)15-8-4-3-7-12(14)13(17)16-9-5-6-10-16;1-4(7-3-8)5(9)6-2/h11-12,15H,3-10,14H2,1-2H3;3-4H,1-2H3,(H,6,9)(H,7,8). The van der Waals surface area contributed by atoms with E-state index in [1.54, 1.807) is 6.92 Å². The number of unbranched alkanes of at least 4 members (excludes halogenated alkanes) is 1. The summed E-state index contributed by atoms with van der Waals surface area (Å²) in [4.78, 5) is 34.1. The molecular weight excluding hydrogens is 334 g/mol. The summed E-state index contributed by atoms with van der Waals surface area (Å²) in [6.07, 6.45) is 5.71. The first-order valence-electron chi connectivity index (χ1n) is 9.52. The Balaban J connectivity index is 0.000000590. The third-order valence-electron chi connectivity index (χ3n) is 4.19. The largest absolute Gasteiger partial charge is 0.357 e. The van der Waals surface area contributed by atoms with Crippen molar-refractivity contribution < 1.29 is 14.4 Å². The van der Waals surface area contributed by atoms with Gasteiger partial charge < -0.3 is 26.6 Å². The summed E-state index contributed by atoms with van der Waals surface area (Å²) >= 11 is 0. The van der Waals surface area contributed by atoms with Crippen LogP contribution in [0.2, 0.25) is 0 Å². The molecule has 2 unspecified atom stereocenters. The number of carbonyl (C=O) groups is 3. The highest BCUT2D eigenvalue weighted by Gasteiger charge is 2.22. The lowest BCUT2D eigenvalue weighted by Crippen LogP contribution is -2.42. The van der Waals surface area contributed by atoms with Gasteiger partial charge in [-0.2, -0.15) is 0 Å². The molecule has 8 heteroatoms. The van der Waals surface area contributed by atoms with E-state index in [9.17, 15) is 14.4 Å². The zero-order valence-corrected chi connectivity index (χ0v) is 16.7. The molecule has 3 amide bonds. The van der Waals surface area contributed by atoms with Gasteiger partial charge >= 0.3 is 0 Å². The minimum atomic E-state index is -0.438. The van der Waals surface area contributed by atoms with Crippen LogP contribution in [0.5, 0.6) is 0 Å². The van der Waals surface area contributed by atoms with Crippen molar-refractivity contribution in [3.8, 4) is 0 Å². The van der Waals surface area contributed by atoms with Gasteiger partial charge in [-0.15, -0.1) is 0 Å². The lowest BCUT2D eigenvalue weighted by atomic mass is 10.1. The Morgan fingerprint density at radius 3 is 2.27 bits per heavy atom. The van der Waals surface area contributed by atoms with Crippen LogP contribution in [-0.2, 0) is 14.4 Å². The smallest absolute Gasteiger partial charge is 0.242 e. The van der Waals surface area contributed by atoms with Gasteiger partial charge in [0.15, 0.2) is 0 Å². The fourth-order valence-corrected chi connectivity index (χ4v) is 2.57. The fourth-order valence-electron chi connectivity index (χ4n) is 2.57. The van der Waals surface area contributed by atoms with Gasteiger partial charge in [0, 0.05) is 26.2 Å². The maximum Gasteiger partial charge on any atom is 0.242 e. The second-order valence-corrected chi connectivity index (χ2v) is 6.86. The third kappa shape index (κ3) is 11.0. The van der Waals surface area contributed by atoms with E-state index in [1.807, 2.05) is 4.90 Å². The van der Waals surface area contributed by atoms with Crippen molar-refractivity contribution in [3.63, 3.8) is 0 Å². The van der Waals surface area contributed by atoms with Crippen LogP contribution in [0.25, 0.3) is 0 Å². The molecule has 0 aliphatic carbocycles. The number of likely N-dealkylation sites (tertiary alicyclic amines) is 1. The molecule has 1 heterocycles.